The summed E-state index contributed by atoms with van der Waals surface area (Å²) in [6, 6.07) is 13.2. The molecule has 1 aliphatic heterocycles. The summed E-state index contributed by atoms with van der Waals surface area (Å²) in [6.07, 6.45) is 1.97. The first-order chi connectivity index (χ1) is 11.6. The van der Waals surface area contributed by atoms with Gasteiger partial charge in [-0.3, -0.25) is 4.79 Å². The molecule has 0 radical (unpaired) electrons. The molecule has 0 aliphatic carbocycles. The minimum absolute atomic E-state index is 0. The van der Waals surface area contributed by atoms with Crippen LogP contribution in [0.25, 0.3) is 0 Å². The standard InChI is InChI=1S/C19H22ClN3O.ClH/c1-13(19(24)22-12-14-6-2-3-8-16(14)20)23-11-5-7-15-17(21)9-4-10-18(15)23;/h2-4,6,8-10,13H,5,7,11-12,21H2,1H3,(H,22,24);1H. The molecule has 1 unspecified atom stereocenters. The zero-order valence-electron chi connectivity index (χ0n) is 14.2. The van der Waals surface area contributed by atoms with Crippen LogP contribution in [0.5, 0.6) is 0 Å². The van der Waals surface area contributed by atoms with E-state index in [0.29, 0.717) is 11.6 Å². The molecule has 0 saturated carbocycles. The Balaban J connectivity index is 0.00000225. The van der Waals surface area contributed by atoms with Crippen molar-refractivity contribution in [2.45, 2.75) is 32.4 Å². The number of hydrogen-bond donors (Lipinski definition) is 2. The van der Waals surface area contributed by atoms with Crippen LogP contribution in [0, 0.1) is 0 Å². The van der Waals surface area contributed by atoms with Gasteiger partial charge in [-0.1, -0.05) is 35.9 Å². The number of hydrogen-bond acceptors (Lipinski definition) is 3. The highest BCUT2D eigenvalue weighted by Crippen LogP contribution is 2.32. The number of halogens is 2. The van der Waals surface area contributed by atoms with E-state index in [0.717, 1.165) is 41.9 Å². The molecule has 3 rings (SSSR count). The number of nitrogens with two attached hydrogens (primary N) is 1. The maximum absolute atomic E-state index is 12.6. The van der Waals surface area contributed by atoms with E-state index in [1.807, 2.05) is 49.4 Å². The number of anilines is 2. The second kappa shape index (κ2) is 8.45. The van der Waals surface area contributed by atoms with E-state index in [1.54, 1.807) is 0 Å². The molecule has 0 spiro atoms. The van der Waals surface area contributed by atoms with Crippen LogP contribution in [0.3, 0.4) is 0 Å². The maximum Gasteiger partial charge on any atom is 0.242 e. The number of nitrogens with one attached hydrogen (secondary N) is 1. The summed E-state index contributed by atoms with van der Waals surface area (Å²) < 4.78 is 0. The van der Waals surface area contributed by atoms with E-state index in [4.69, 9.17) is 17.3 Å². The molecule has 1 heterocycles. The number of nitrogens with zero attached hydrogens (tertiary/aromatic N) is 1. The van der Waals surface area contributed by atoms with E-state index in [-0.39, 0.29) is 24.4 Å². The van der Waals surface area contributed by atoms with Gasteiger partial charge in [0, 0.05) is 29.5 Å². The number of benzene rings is 2. The molecule has 0 fully saturated rings. The summed E-state index contributed by atoms with van der Waals surface area (Å²) in [5.74, 6) is -0.00908. The van der Waals surface area contributed by atoms with Gasteiger partial charge in [-0.25, -0.2) is 0 Å². The highest BCUT2D eigenvalue weighted by molar-refractivity contribution is 6.31. The Labute approximate surface area is 159 Å². The fourth-order valence-electron chi connectivity index (χ4n) is 3.20. The molecule has 2 aromatic rings. The van der Waals surface area contributed by atoms with Gasteiger partial charge < -0.3 is 16.0 Å². The molecular formula is C19H23Cl2N3O. The number of rotatable bonds is 4. The zero-order valence-corrected chi connectivity index (χ0v) is 15.7. The minimum Gasteiger partial charge on any atom is -0.398 e. The van der Waals surface area contributed by atoms with Gasteiger partial charge in [0.15, 0.2) is 0 Å². The van der Waals surface area contributed by atoms with Gasteiger partial charge in [-0.15, -0.1) is 12.4 Å². The lowest BCUT2D eigenvalue weighted by Gasteiger charge is -2.36. The molecule has 0 bridgehead atoms. The third kappa shape index (κ3) is 4.20. The molecular weight excluding hydrogens is 357 g/mol. The number of amides is 1. The predicted octanol–water partition coefficient (Wildman–Crippen LogP) is 3.80. The van der Waals surface area contributed by atoms with Crippen LogP contribution < -0.4 is 16.0 Å². The molecule has 0 saturated heterocycles. The van der Waals surface area contributed by atoms with Crippen LogP contribution >= 0.6 is 24.0 Å². The number of carbonyl (C=O) groups excluding carboxylic acids is 1. The van der Waals surface area contributed by atoms with Gasteiger partial charge in [0.2, 0.25) is 5.91 Å². The Morgan fingerprint density at radius 1 is 1.28 bits per heavy atom. The molecule has 4 nitrogen and oxygen atoms in total. The van der Waals surface area contributed by atoms with Gasteiger partial charge in [0.25, 0.3) is 0 Å². The lowest BCUT2D eigenvalue weighted by Crippen LogP contribution is -2.47. The molecule has 3 N–H and O–H groups in total. The van der Waals surface area contributed by atoms with Crippen molar-refractivity contribution in [3.05, 3.63) is 58.6 Å². The first-order valence-corrected chi connectivity index (χ1v) is 8.61. The molecule has 134 valence electrons. The lowest BCUT2D eigenvalue weighted by atomic mass is 9.98. The second-order valence-electron chi connectivity index (χ2n) is 6.13. The van der Waals surface area contributed by atoms with E-state index in [1.165, 1.54) is 0 Å². The number of carbonyl (C=O) groups is 1. The van der Waals surface area contributed by atoms with Crippen molar-refractivity contribution in [3.63, 3.8) is 0 Å². The third-order valence-corrected chi connectivity index (χ3v) is 4.95. The van der Waals surface area contributed by atoms with Crippen LogP contribution in [-0.2, 0) is 17.8 Å². The average molecular weight is 380 g/mol. The topological polar surface area (TPSA) is 58.4 Å². The van der Waals surface area contributed by atoms with Crippen molar-refractivity contribution in [2.75, 3.05) is 17.2 Å². The van der Waals surface area contributed by atoms with Crippen LogP contribution in [0.4, 0.5) is 11.4 Å². The highest BCUT2D eigenvalue weighted by atomic mass is 35.5. The van der Waals surface area contributed by atoms with Gasteiger partial charge >= 0.3 is 0 Å². The van der Waals surface area contributed by atoms with E-state index in [9.17, 15) is 4.79 Å². The van der Waals surface area contributed by atoms with Crippen molar-refractivity contribution in [3.8, 4) is 0 Å². The van der Waals surface area contributed by atoms with Gasteiger partial charge in [-0.2, -0.15) is 0 Å². The molecule has 1 aliphatic rings. The maximum atomic E-state index is 12.6. The van der Waals surface area contributed by atoms with Crippen molar-refractivity contribution >= 4 is 41.3 Å². The largest absolute Gasteiger partial charge is 0.398 e. The Morgan fingerprint density at radius 3 is 2.80 bits per heavy atom. The quantitative estimate of drug-likeness (QED) is 0.794. The summed E-state index contributed by atoms with van der Waals surface area (Å²) in [5, 5.41) is 3.65. The minimum atomic E-state index is -0.256. The molecule has 1 amide bonds. The predicted molar refractivity (Wildman–Crippen MR) is 107 cm³/mol. The molecule has 6 heteroatoms. The second-order valence-corrected chi connectivity index (χ2v) is 6.53. The smallest absolute Gasteiger partial charge is 0.242 e. The van der Waals surface area contributed by atoms with Crippen molar-refractivity contribution in [2.24, 2.45) is 0 Å². The van der Waals surface area contributed by atoms with Crippen molar-refractivity contribution < 1.29 is 4.79 Å². The highest BCUT2D eigenvalue weighted by Gasteiger charge is 2.26. The third-order valence-electron chi connectivity index (χ3n) is 4.58. The van der Waals surface area contributed by atoms with Gasteiger partial charge in [-0.05, 0) is 49.1 Å². The van der Waals surface area contributed by atoms with Gasteiger partial charge in [0.05, 0.1) is 0 Å². The first kappa shape index (κ1) is 19.4. The Kier molecular flexibility index (Phi) is 6.57. The van der Waals surface area contributed by atoms with E-state index >= 15 is 0 Å². The monoisotopic (exact) mass is 379 g/mol. The van der Waals surface area contributed by atoms with Crippen LogP contribution in [0.1, 0.15) is 24.5 Å². The van der Waals surface area contributed by atoms with E-state index in [2.05, 4.69) is 10.2 Å². The Morgan fingerprint density at radius 2 is 2.04 bits per heavy atom. The van der Waals surface area contributed by atoms with Crippen LogP contribution in [-0.4, -0.2) is 18.5 Å². The molecule has 2 aromatic carbocycles. The van der Waals surface area contributed by atoms with E-state index < -0.39 is 0 Å². The van der Waals surface area contributed by atoms with Crippen molar-refractivity contribution in [1.82, 2.24) is 5.32 Å². The summed E-state index contributed by atoms with van der Waals surface area (Å²) >= 11 is 6.14. The van der Waals surface area contributed by atoms with Gasteiger partial charge in [0.1, 0.15) is 6.04 Å². The normalized spacial score (nSPS) is 14.2. The average Bonchev–Trinajstić information content (AvgIpc) is 2.60. The van der Waals surface area contributed by atoms with Crippen LogP contribution in [0.2, 0.25) is 5.02 Å². The van der Waals surface area contributed by atoms with Crippen molar-refractivity contribution in [1.29, 1.82) is 0 Å². The zero-order chi connectivity index (χ0) is 17.1. The number of fused-ring (bicyclic) bond motifs is 1. The first-order valence-electron chi connectivity index (χ1n) is 8.23. The summed E-state index contributed by atoms with van der Waals surface area (Å²) in [5.41, 5.74) is 10.0. The van der Waals surface area contributed by atoms with Crippen LogP contribution in [0.15, 0.2) is 42.5 Å². The fourth-order valence-corrected chi connectivity index (χ4v) is 3.40. The molecule has 25 heavy (non-hydrogen) atoms. The lowest BCUT2D eigenvalue weighted by molar-refractivity contribution is -0.122. The molecule has 1 atom stereocenters. The molecule has 0 aromatic heterocycles. The summed E-state index contributed by atoms with van der Waals surface area (Å²) in [6.45, 7) is 3.22. The summed E-state index contributed by atoms with van der Waals surface area (Å²) in [7, 11) is 0. The Hall–Kier alpha value is -1.91. The SMILES string of the molecule is CC(C(=O)NCc1ccccc1Cl)N1CCCc2c(N)cccc21.Cl. The number of nitrogen functional groups attached to an aromatic ring is 1. The summed E-state index contributed by atoms with van der Waals surface area (Å²) in [4.78, 5) is 14.7. The fraction of sp³-hybridized carbons (Fsp3) is 0.316. The Bertz CT molecular complexity index is 751.